The number of rotatable bonds is 3. The standard InChI is InChI=1S/C44H26O2/c1-2-11-28(12-3-1)38-26-45-39-23-22-37-32-21-20-31(25-40(32)46-44(37)43(38)39)42-35-16-8-6-14-33(35)41(34-15-7-9-17-36(34)42)30-19-18-27-10-4-5-13-29(27)24-30/h1-26H/i4D,5D,6D,7D,8D,9D,10D,13D,14D,15D,16D,17D,18D,19D,24D. The predicted molar refractivity (Wildman–Crippen MR) is 192 cm³/mol. The van der Waals surface area contributed by atoms with Crippen molar-refractivity contribution in [2.24, 2.45) is 0 Å². The highest BCUT2D eigenvalue weighted by atomic mass is 16.3. The van der Waals surface area contributed by atoms with Crippen LogP contribution in [0.2, 0.25) is 0 Å². The molecule has 2 nitrogen and oxygen atoms in total. The molecule has 0 aliphatic carbocycles. The van der Waals surface area contributed by atoms with Crippen LogP contribution in [0.1, 0.15) is 20.6 Å². The van der Waals surface area contributed by atoms with Crippen molar-refractivity contribution >= 4 is 65.2 Å². The molecular formula is C44H26O2. The molecule has 0 spiro atoms. The van der Waals surface area contributed by atoms with Crippen molar-refractivity contribution in [1.82, 2.24) is 0 Å². The van der Waals surface area contributed by atoms with Crippen LogP contribution in [0.3, 0.4) is 0 Å². The summed E-state index contributed by atoms with van der Waals surface area (Å²) in [7, 11) is 0. The fraction of sp³-hybridized carbons (Fsp3) is 0. The first-order valence-corrected chi connectivity index (χ1v) is 14.4. The lowest BCUT2D eigenvalue weighted by molar-refractivity contribution is 0.616. The van der Waals surface area contributed by atoms with Crippen LogP contribution in [0.5, 0.6) is 0 Å². The van der Waals surface area contributed by atoms with Gasteiger partial charge in [-0.3, -0.25) is 0 Å². The summed E-state index contributed by atoms with van der Waals surface area (Å²) < 4.78 is 147. The number of furan rings is 2. The Balaban J connectivity index is 1.40. The molecule has 10 aromatic rings. The highest BCUT2D eigenvalue weighted by Gasteiger charge is 2.20. The molecule has 0 amide bonds. The fourth-order valence-electron chi connectivity index (χ4n) is 6.41. The zero-order valence-electron chi connectivity index (χ0n) is 38.7. The summed E-state index contributed by atoms with van der Waals surface area (Å²) in [6, 6.07) is 8.15. The smallest absolute Gasteiger partial charge is 0.147 e. The zero-order valence-corrected chi connectivity index (χ0v) is 23.7. The Bertz CT molecular complexity index is 3570. The van der Waals surface area contributed by atoms with Gasteiger partial charge in [0.15, 0.2) is 0 Å². The van der Waals surface area contributed by atoms with Crippen LogP contribution in [0.4, 0.5) is 0 Å². The molecule has 0 unspecified atom stereocenters. The van der Waals surface area contributed by atoms with Crippen molar-refractivity contribution in [1.29, 1.82) is 0 Å². The van der Waals surface area contributed by atoms with Gasteiger partial charge in [-0.15, -0.1) is 0 Å². The maximum atomic E-state index is 9.43. The minimum atomic E-state index is -0.748. The first kappa shape index (κ1) is 14.8. The van der Waals surface area contributed by atoms with Gasteiger partial charge in [-0.25, -0.2) is 0 Å². The summed E-state index contributed by atoms with van der Waals surface area (Å²) in [4.78, 5) is 0. The average molecular weight is 602 g/mol. The number of hydrogen-bond acceptors (Lipinski definition) is 2. The fourth-order valence-corrected chi connectivity index (χ4v) is 6.41. The van der Waals surface area contributed by atoms with Gasteiger partial charge in [-0.2, -0.15) is 0 Å². The largest absolute Gasteiger partial charge is 0.464 e. The van der Waals surface area contributed by atoms with E-state index < -0.39 is 107 Å². The highest BCUT2D eigenvalue weighted by molar-refractivity contribution is 6.23. The van der Waals surface area contributed by atoms with Crippen LogP contribution in [0, 0.1) is 0 Å². The Morgan fingerprint density at radius 2 is 1.13 bits per heavy atom. The first-order valence-electron chi connectivity index (χ1n) is 21.9. The van der Waals surface area contributed by atoms with Crippen molar-refractivity contribution < 1.29 is 29.4 Å². The molecule has 0 aliphatic heterocycles. The number of hydrogen-bond donors (Lipinski definition) is 0. The maximum absolute atomic E-state index is 9.43. The summed E-state index contributed by atoms with van der Waals surface area (Å²) in [5, 5.41) is 0.222. The molecule has 46 heavy (non-hydrogen) atoms. The van der Waals surface area contributed by atoms with Crippen LogP contribution < -0.4 is 0 Å². The predicted octanol–water partition coefficient (Wildman–Crippen LogP) is 12.8. The maximum Gasteiger partial charge on any atom is 0.147 e. The van der Waals surface area contributed by atoms with E-state index in [1.165, 1.54) is 0 Å². The Morgan fingerprint density at radius 3 is 1.87 bits per heavy atom. The SMILES string of the molecule is [2H]c1c([2H])c([2H])c2c([2H])c(-c3c4c([2H])c([2H])c([2H])c([2H])c4c(-c4ccc5c(c4)oc4c5ccc5occ(-c6ccccc6)c54)c4c([2H])c([2H])c([2H])c([2H])c34)c([2H])c([2H])c2c1[2H]. The van der Waals surface area contributed by atoms with Gasteiger partial charge in [-0.05, 0) is 90.4 Å². The molecule has 0 N–H and O–H groups in total. The second kappa shape index (κ2) is 9.69. The van der Waals surface area contributed by atoms with E-state index in [1.54, 1.807) is 24.5 Å². The lowest BCUT2D eigenvalue weighted by Gasteiger charge is -2.18. The minimum Gasteiger partial charge on any atom is -0.464 e. The molecule has 8 aromatic carbocycles. The van der Waals surface area contributed by atoms with Gasteiger partial charge in [0.1, 0.15) is 16.7 Å². The molecule has 0 aliphatic rings. The minimum absolute atomic E-state index is 0.0135. The number of benzene rings is 8. The van der Waals surface area contributed by atoms with E-state index in [1.807, 2.05) is 42.5 Å². The average Bonchev–Trinajstić information content (AvgIpc) is 3.87. The summed E-state index contributed by atoms with van der Waals surface area (Å²) in [6.07, 6.45) is 1.65. The summed E-state index contributed by atoms with van der Waals surface area (Å²) in [5.41, 5.74) is 2.47. The molecule has 0 saturated heterocycles. The van der Waals surface area contributed by atoms with Gasteiger partial charge < -0.3 is 8.83 Å². The van der Waals surface area contributed by atoms with Crippen LogP contribution in [-0.2, 0) is 0 Å². The summed E-state index contributed by atoms with van der Waals surface area (Å²) in [5.74, 6) is 0. The Hall–Kier alpha value is -6.12. The van der Waals surface area contributed by atoms with Crippen LogP contribution in [0.15, 0.2) is 166 Å². The lowest BCUT2D eigenvalue weighted by Crippen LogP contribution is -1.90. The normalized spacial score (nSPS) is 16.5. The van der Waals surface area contributed by atoms with E-state index in [2.05, 4.69) is 0 Å². The van der Waals surface area contributed by atoms with E-state index in [0.29, 0.717) is 22.1 Å². The van der Waals surface area contributed by atoms with Crippen LogP contribution in [-0.4, -0.2) is 0 Å². The summed E-state index contributed by atoms with van der Waals surface area (Å²) >= 11 is 0. The van der Waals surface area contributed by atoms with Crippen molar-refractivity contribution in [2.75, 3.05) is 0 Å². The Morgan fingerprint density at radius 1 is 0.478 bits per heavy atom. The number of fused-ring (bicyclic) bond motifs is 8. The van der Waals surface area contributed by atoms with Gasteiger partial charge in [-0.1, -0.05) is 121 Å². The van der Waals surface area contributed by atoms with Gasteiger partial charge in [0, 0.05) is 16.3 Å². The third-order valence-corrected chi connectivity index (χ3v) is 8.42. The third-order valence-electron chi connectivity index (χ3n) is 8.42. The zero-order chi connectivity index (χ0) is 43.2. The monoisotopic (exact) mass is 601 g/mol. The van der Waals surface area contributed by atoms with Crippen molar-refractivity contribution in [2.45, 2.75) is 0 Å². The van der Waals surface area contributed by atoms with Crippen molar-refractivity contribution in [3.8, 4) is 33.4 Å². The molecule has 2 aromatic heterocycles. The van der Waals surface area contributed by atoms with E-state index in [4.69, 9.17) is 21.2 Å². The Labute approximate surface area is 285 Å². The van der Waals surface area contributed by atoms with Crippen LogP contribution in [0.25, 0.3) is 98.6 Å². The van der Waals surface area contributed by atoms with E-state index in [-0.39, 0.29) is 38.2 Å². The molecule has 0 fully saturated rings. The molecule has 0 saturated carbocycles. The quantitative estimate of drug-likeness (QED) is 0.188. The van der Waals surface area contributed by atoms with Crippen molar-refractivity contribution in [3.05, 3.63) is 158 Å². The first-order chi connectivity index (χ1) is 29.1. The molecule has 0 bridgehead atoms. The molecule has 0 radical (unpaired) electrons. The highest BCUT2D eigenvalue weighted by Crippen LogP contribution is 2.46. The molecular weight excluding hydrogens is 560 g/mol. The molecule has 214 valence electrons. The van der Waals surface area contributed by atoms with Crippen molar-refractivity contribution in [3.63, 3.8) is 0 Å². The van der Waals surface area contributed by atoms with E-state index in [0.717, 1.165) is 21.9 Å². The third kappa shape index (κ3) is 3.65. The van der Waals surface area contributed by atoms with Gasteiger partial charge in [0.2, 0.25) is 0 Å². The summed E-state index contributed by atoms with van der Waals surface area (Å²) in [6.45, 7) is 0. The van der Waals surface area contributed by atoms with Gasteiger partial charge in [0.25, 0.3) is 0 Å². The molecule has 2 heteroatoms. The molecule has 10 rings (SSSR count). The second-order valence-electron chi connectivity index (χ2n) is 10.9. The van der Waals surface area contributed by atoms with Crippen LogP contribution >= 0.6 is 0 Å². The van der Waals surface area contributed by atoms with E-state index >= 15 is 0 Å². The Kier molecular flexibility index (Phi) is 3.11. The van der Waals surface area contributed by atoms with Gasteiger partial charge in [0.05, 0.1) is 32.2 Å². The van der Waals surface area contributed by atoms with E-state index in [9.17, 15) is 8.22 Å². The molecule has 2 heterocycles. The van der Waals surface area contributed by atoms with Gasteiger partial charge >= 0.3 is 0 Å². The molecule has 0 atom stereocenters. The second-order valence-corrected chi connectivity index (χ2v) is 10.9. The lowest BCUT2D eigenvalue weighted by atomic mass is 9.85. The topological polar surface area (TPSA) is 26.3 Å².